The van der Waals surface area contributed by atoms with Gasteiger partial charge in [0.25, 0.3) is 10.0 Å². The fourth-order valence-corrected chi connectivity index (χ4v) is 3.60. The highest BCUT2D eigenvalue weighted by molar-refractivity contribution is 7.93. The lowest BCUT2D eigenvalue weighted by Crippen LogP contribution is -2.27. The first-order chi connectivity index (χ1) is 9.34. The fraction of sp³-hybridized carbons (Fsp3) is 0.0769. The maximum atomic E-state index is 13.7. The van der Waals surface area contributed by atoms with E-state index in [1.807, 2.05) is 0 Å². The Kier molecular flexibility index (Phi) is 4.22. The average molecular weight is 334 g/mol. The standard InChI is InChI=1S/C13H10Cl2FNO2S/c1-17(12-5-3-2-4-11(12)16)20(18,19)13-8-9(14)6-7-10(13)15/h2-8H,1H3. The van der Waals surface area contributed by atoms with Crippen LogP contribution in [0.4, 0.5) is 10.1 Å². The molecule has 3 nitrogen and oxygen atoms in total. The normalized spacial score (nSPS) is 11.4. The van der Waals surface area contributed by atoms with Gasteiger partial charge in [0.05, 0.1) is 10.7 Å². The molecular weight excluding hydrogens is 324 g/mol. The second-order valence-electron chi connectivity index (χ2n) is 4.00. The van der Waals surface area contributed by atoms with Gasteiger partial charge in [0.15, 0.2) is 0 Å². The Labute approximate surface area is 126 Å². The molecule has 0 heterocycles. The van der Waals surface area contributed by atoms with Crippen LogP contribution in [0.3, 0.4) is 0 Å². The summed E-state index contributed by atoms with van der Waals surface area (Å²) in [6, 6.07) is 9.66. The first-order valence-electron chi connectivity index (χ1n) is 5.52. The third-order valence-corrected chi connectivity index (χ3v) is 5.21. The molecule has 0 N–H and O–H groups in total. The van der Waals surface area contributed by atoms with Crippen molar-refractivity contribution in [3.8, 4) is 0 Å². The lowest BCUT2D eigenvalue weighted by atomic mass is 10.3. The van der Waals surface area contributed by atoms with Crippen molar-refractivity contribution in [1.29, 1.82) is 0 Å². The molecule has 0 saturated carbocycles. The minimum Gasteiger partial charge on any atom is -0.266 e. The van der Waals surface area contributed by atoms with Crippen LogP contribution in [0.1, 0.15) is 0 Å². The van der Waals surface area contributed by atoms with E-state index in [0.29, 0.717) is 0 Å². The van der Waals surface area contributed by atoms with Gasteiger partial charge in [0.1, 0.15) is 10.7 Å². The summed E-state index contributed by atoms with van der Waals surface area (Å²) in [6.07, 6.45) is 0. The summed E-state index contributed by atoms with van der Waals surface area (Å²) in [5.74, 6) is -0.642. The maximum Gasteiger partial charge on any atom is 0.265 e. The Morgan fingerprint density at radius 3 is 2.40 bits per heavy atom. The van der Waals surface area contributed by atoms with E-state index in [1.165, 1.54) is 43.4 Å². The molecule has 0 aliphatic rings. The zero-order chi connectivity index (χ0) is 14.9. The zero-order valence-corrected chi connectivity index (χ0v) is 12.7. The van der Waals surface area contributed by atoms with Crippen molar-refractivity contribution in [3.63, 3.8) is 0 Å². The van der Waals surface area contributed by atoms with Gasteiger partial charge < -0.3 is 0 Å². The maximum absolute atomic E-state index is 13.7. The number of para-hydroxylation sites is 1. The first kappa shape index (κ1) is 15.1. The third kappa shape index (κ3) is 2.75. The number of hydrogen-bond acceptors (Lipinski definition) is 2. The average Bonchev–Trinajstić information content (AvgIpc) is 2.41. The van der Waals surface area contributed by atoms with Crippen molar-refractivity contribution >= 4 is 38.9 Å². The van der Waals surface area contributed by atoms with Gasteiger partial charge in [0, 0.05) is 12.1 Å². The summed E-state index contributed by atoms with van der Waals surface area (Å²) in [4.78, 5) is -0.169. The molecule has 0 fully saturated rings. The van der Waals surface area contributed by atoms with E-state index in [-0.39, 0.29) is 20.6 Å². The lowest BCUT2D eigenvalue weighted by molar-refractivity contribution is 0.589. The number of halogens is 3. The van der Waals surface area contributed by atoms with Gasteiger partial charge in [-0.1, -0.05) is 35.3 Å². The zero-order valence-electron chi connectivity index (χ0n) is 10.3. The van der Waals surface area contributed by atoms with Gasteiger partial charge in [-0.05, 0) is 30.3 Å². The quantitative estimate of drug-likeness (QED) is 0.852. The summed E-state index contributed by atoms with van der Waals surface area (Å²) >= 11 is 11.7. The van der Waals surface area contributed by atoms with Gasteiger partial charge in [-0.15, -0.1) is 0 Å². The summed E-state index contributed by atoms with van der Waals surface area (Å²) in [6.45, 7) is 0. The molecule has 0 aromatic heterocycles. The molecule has 7 heteroatoms. The smallest absolute Gasteiger partial charge is 0.265 e. The molecule has 2 aromatic rings. The SMILES string of the molecule is CN(c1ccccc1F)S(=O)(=O)c1cc(Cl)ccc1Cl. The molecule has 0 atom stereocenters. The number of benzene rings is 2. The van der Waals surface area contributed by atoms with Gasteiger partial charge in [-0.2, -0.15) is 0 Å². The Bertz CT molecular complexity index is 750. The number of anilines is 1. The molecule has 0 spiro atoms. The minimum absolute atomic E-state index is 0.0255. The monoisotopic (exact) mass is 333 g/mol. The highest BCUT2D eigenvalue weighted by atomic mass is 35.5. The van der Waals surface area contributed by atoms with E-state index in [0.717, 1.165) is 4.31 Å². The van der Waals surface area contributed by atoms with E-state index in [1.54, 1.807) is 6.07 Å². The second kappa shape index (κ2) is 5.60. The Morgan fingerprint density at radius 2 is 1.75 bits per heavy atom. The Balaban J connectivity index is 2.56. The molecule has 106 valence electrons. The van der Waals surface area contributed by atoms with Crippen molar-refractivity contribution in [3.05, 3.63) is 58.3 Å². The molecular formula is C13H10Cl2FNO2S. The molecule has 2 aromatic carbocycles. The van der Waals surface area contributed by atoms with Crippen LogP contribution in [0.5, 0.6) is 0 Å². The topological polar surface area (TPSA) is 37.4 Å². The predicted molar refractivity (Wildman–Crippen MR) is 78.5 cm³/mol. The largest absolute Gasteiger partial charge is 0.266 e. The van der Waals surface area contributed by atoms with E-state index in [4.69, 9.17) is 23.2 Å². The summed E-state index contributed by atoms with van der Waals surface area (Å²) < 4.78 is 39.5. The van der Waals surface area contributed by atoms with Crippen molar-refractivity contribution in [2.75, 3.05) is 11.4 Å². The number of sulfonamides is 1. The van der Waals surface area contributed by atoms with Crippen molar-refractivity contribution in [2.24, 2.45) is 0 Å². The van der Waals surface area contributed by atoms with E-state index >= 15 is 0 Å². The molecule has 0 saturated heterocycles. The van der Waals surface area contributed by atoms with Crippen molar-refractivity contribution < 1.29 is 12.8 Å². The Hall–Kier alpha value is -1.30. The van der Waals surface area contributed by atoms with Crippen LogP contribution in [0.25, 0.3) is 0 Å². The second-order valence-corrected chi connectivity index (χ2v) is 6.78. The summed E-state index contributed by atoms with van der Waals surface area (Å²) in [5, 5.41) is 0.257. The summed E-state index contributed by atoms with van der Waals surface area (Å²) in [5.41, 5.74) is -0.0662. The molecule has 0 radical (unpaired) electrons. The third-order valence-electron chi connectivity index (χ3n) is 2.72. The van der Waals surface area contributed by atoms with Crippen molar-refractivity contribution in [1.82, 2.24) is 0 Å². The molecule has 2 rings (SSSR count). The van der Waals surface area contributed by atoms with E-state index in [9.17, 15) is 12.8 Å². The van der Waals surface area contributed by atoms with Crippen LogP contribution >= 0.6 is 23.2 Å². The molecule has 0 amide bonds. The van der Waals surface area contributed by atoms with Gasteiger partial charge >= 0.3 is 0 Å². The van der Waals surface area contributed by atoms with Crippen LogP contribution in [0.15, 0.2) is 47.4 Å². The van der Waals surface area contributed by atoms with Crippen LogP contribution in [-0.4, -0.2) is 15.5 Å². The van der Waals surface area contributed by atoms with E-state index < -0.39 is 15.8 Å². The van der Waals surface area contributed by atoms with Crippen molar-refractivity contribution in [2.45, 2.75) is 4.90 Å². The molecule has 0 aliphatic heterocycles. The highest BCUT2D eigenvalue weighted by Gasteiger charge is 2.26. The minimum atomic E-state index is -3.99. The lowest BCUT2D eigenvalue weighted by Gasteiger charge is -2.20. The molecule has 0 bridgehead atoms. The van der Waals surface area contributed by atoms with Gasteiger partial charge in [-0.3, -0.25) is 4.31 Å². The van der Waals surface area contributed by atoms with Crippen LogP contribution < -0.4 is 4.31 Å². The summed E-state index contributed by atoms with van der Waals surface area (Å²) in [7, 11) is -2.74. The molecule has 20 heavy (non-hydrogen) atoms. The van der Waals surface area contributed by atoms with Gasteiger partial charge in [-0.25, -0.2) is 12.8 Å². The van der Waals surface area contributed by atoms with Gasteiger partial charge in [0.2, 0.25) is 0 Å². The van der Waals surface area contributed by atoms with Crippen LogP contribution in [-0.2, 0) is 10.0 Å². The molecule has 0 unspecified atom stereocenters. The molecule has 0 aliphatic carbocycles. The van der Waals surface area contributed by atoms with E-state index in [2.05, 4.69) is 0 Å². The number of rotatable bonds is 3. The van der Waals surface area contributed by atoms with Crippen LogP contribution in [0.2, 0.25) is 10.0 Å². The predicted octanol–water partition coefficient (Wildman–Crippen LogP) is 3.96. The number of nitrogens with zero attached hydrogens (tertiary/aromatic N) is 1. The Morgan fingerprint density at radius 1 is 1.10 bits per heavy atom. The first-order valence-corrected chi connectivity index (χ1v) is 7.72. The highest BCUT2D eigenvalue weighted by Crippen LogP contribution is 2.30. The van der Waals surface area contributed by atoms with Crippen LogP contribution in [0, 0.1) is 5.82 Å². The number of hydrogen-bond donors (Lipinski definition) is 0. The fourth-order valence-electron chi connectivity index (χ4n) is 1.66.